The van der Waals surface area contributed by atoms with Crippen molar-refractivity contribution in [2.24, 2.45) is 0 Å². The highest BCUT2D eigenvalue weighted by Crippen LogP contribution is 2.30. The molecule has 0 heterocycles. The number of anilines is 1. The van der Waals surface area contributed by atoms with Crippen molar-refractivity contribution in [2.75, 3.05) is 5.73 Å². The summed E-state index contributed by atoms with van der Waals surface area (Å²) in [5.74, 6) is 0.324. The Morgan fingerprint density at radius 3 is 2.50 bits per heavy atom. The standard InChI is InChI=1S/C11H11NO.ClH/c1-7-5-6-8-9(11(7)13)3-2-4-10(8)12;/h2-6,13H,12H2,1H3;1H. The van der Waals surface area contributed by atoms with Crippen LogP contribution in [0.5, 0.6) is 5.75 Å². The Morgan fingerprint density at radius 1 is 1.07 bits per heavy atom. The number of benzene rings is 2. The van der Waals surface area contributed by atoms with Gasteiger partial charge in [0, 0.05) is 16.5 Å². The molecule has 0 atom stereocenters. The second-order valence-electron chi connectivity index (χ2n) is 3.17. The predicted octanol–water partition coefficient (Wildman–Crippen LogP) is 2.86. The van der Waals surface area contributed by atoms with Gasteiger partial charge in [-0.15, -0.1) is 12.4 Å². The molecular formula is C11H12ClNO. The van der Waals surface area contributed by atoms with Crippen LogP contribution in [0, 0.1) is 6.92 Å². The van der Waals surface area contributed by atoms with Crippen LogP contribution in [0.15, 0.2) is 30.3 Å². The molecular weight excluding hydrogens is 198 g/mol. The average Bonchev–Trinajstić information content (AvgIpc) is 2.12. The number of hydrogen-bond acceptors (Lipinski definition) is 2. The molecule has 0 fully saturated rings. The van der Waals surface area contributed by atoms with Crippen molar-refractivity contribution in [3.8, 4) is 5.75 Å². The minimum Gasteiger partial charge on any atom is -0.507 e. The zero-order chi connectivity index (χ0) is 9.42. The first-order valence-corrected chi connectivity index (χ1v) is 4.17. The molecule has 0 amide bonds. The number of nitrogen functional groups attached to an aromatic ring is 1. The molecule has 0 radical (unpaired) electrons. The maximum Gasteiger partial charge on any atom is 0.126 e. The van der Waals surface area contributed by atoms with Gasteiger partial charge in [0.1, 0.15) is 5.75 Å². The van der Waals surface area contributed by atoms with E-state index in [2.05, 4.69) is 0 Å². The van der Waals surface area contributed by atoms with Crippen molar-refractivity contribution >= 4 is 28.9 Å². The van der Waals surface area contributed by atoms with Crippen molar-refractivity contribution < 1.29 is 5.11 Å². The van der Waals surface area contributed by atoms with Gasteiger partial charge in [-0.3, -0.25) is 0 Å². The first-order chi connectivity index (χ1) is 6.20. The van der Waals surface area contributed by atoms with E-state index in [1.165, 1.54) is 0 Å². The minimum atomic E-state index is 0. The number of aryl methyl sites for hydroxylation is 1. The molecule has 0 unspecified atom stereocenters. The van der Waals surface area contributed by atoms with Gasteiger partial charge in [-0.1, -0.05) is 24.3 Å². The molecule has 2 aromatic carbocycles. The molecule has 0 spiro atoms. The maximum absolute atomic E-state index is 9.73. The van der Waals surface area contributed by atoms with Crippen LogP contribution in [0.1, 0.15) is 5.56 Å². The number of phenolic OH excluding ortho intramolecular Hbond substituents is 1. The maximum atomic E-state index is 9.73. The van der Waals surface area contributed by atoms with Gasteiger partial charge in [-0.25, -0.2) is 0 Å². The molecule has 0 saturated carbocycles. The Bertz CT molecular complexity index is 468. The summed E-state index contributed by atoms with van der Waals surface area (Å²) in [4.78, 5) is 0. The van der Waals surface area contributed by atoms with E-state index in [0.29, 0.717) is 11.4 Å². The summed E-state index contributed by atoms with van der Waals surface area (Å²) in [5.41, 5.74) is 7.34. The monoisotopic (exact) mass is 209 g/mol. The number of halogens is 1. The molecule has 2 aromatic rings. The van der Waals surface area contributed by atoms with Gasteiger partial charge in [0.15, 0.2) is 0 Å². The third-order valence-electron chi connectivity index (χ3n) is 2.27. The fraction of sp³-hybridized carbons (Fsp3) is 0.0909. The normalized spacial score (nSPS) is 9.79. The van der Waals surface area contributed by atoms with Gasteiger partial charge in [-0.05, 0) is 18.6 Å². The van der Waals surface area contributed by atoms with Gasteiger partial charge in [0.25, 0.3) is 0 Å². The van der Waals surface area contributed by atoms with Crippen molar-refractivity contribution in [1.82, 2.24) is 0 Å². The fourth-order valence-corrected chi connectivity index (χ4v) is 1.48. The number of fused-ring (bicyclic) bond motifs is 1. The molecule has 3 N–H and O–H groups in total. The molecule has 2 nitrogen and oxygen atoms in total. The van der Waals surface area contributed by atoms with Crippen LogP contribution in [0.25, 0.3) is 10.8 Å². The summed E-state index contributed by atoms with van der Waals surface area (Å²) in [7, 11) is 0. The van der Waals surface area contributed by atoms with Crippen molar-refractivity contribution in [2.45, 2.75) is 6.92 Å². The van der Waals surface area contributed by atoms with Crippen LogP contribution < -0.4 is 5.73 Å². The molecule has 14 heavy (non-hydrogen) atoms. The van der Waals surface area contributed by atoms with E-state index >= 15 is 0 Å². The summed E-state index contributed by atoms with van der Waals surface area (Å²) in [6.07, 6.45) is 0. The highest BCUT2D eigenvalue weighted by Gasteiger charge is 2.03. The third-order valence-corrected chi connectivity index (χ3v) is 2.27. The van der Waals surface area contributed by atoms with Crippen LogP contribution >= 0.6 is 12.4 Å². The highest BCUT2D eigenvalue weighted by atomic mass is 35.5. The Hall–Kier alpha value is -1.41. The lowest BCUT2D eigenvalue weighted by molar-refractivity contribution is 0.477. The van der Waals surface area contributed by atoms with Gasteiger partial charge in [-0.2, -0.15) is 0 Å². The van der Waals surface area contributed by atoms with Crippen molar-refractivity contribution in [3.05, 3.63) is 35.9 Å². The van der Waals surface area contributed by atoms with E-state index in [4.69, 9.17) is 5.73 Å². The second-order valence-corrected chi connectivity index (χ2v) is 3.17. The van der Waals surface area contributed by atoms with Crippen LogP contribution in [0.3, 0.4) is 0 Å². The Morgan fingerprint density at radius 2 is 1.79 bits per heavy atom. The minimum absolute atomic E-state index is 0. The van der Waals surface area contributed by atoms with Crippen LogP contribution in [0.2, 0.25) is 0 Å². The lowest BCUT2D eigenvalue weighted by Crippen LogP contribution is -1.87. The molecule has 0 saturated heterocycles. The Kier molecular flexibility index (Phi) is 2.87. The summed E-state index contributed by atoms with van der Waals surface area (Å²) in [6.45, 7) is 1.87. The fourth-order valence-electron chi connectivity index (χ4n) is 1.48. The first kappa shape index (κ1) is 10.7. The van der Waals surface area contributed by atoms with Crippen LogP contribution in [-0.2, 0) is 0 Å². The smallest absolute Gasteiger partial charge is 0.126 e. The van der Waals surface area contributed by atoms with Crippen molar-refractivity contribution in [3.63, 3.8) is 0 Å². The van der Waals surface area contributed by atoms with Crippen LogP contribution in [-0.4, -0.2) is 5.11 Å². The molecule has 3 heteroatoms. The second kappa shape index (κ2) is 3.76. The van der Waals surface area contributed by atoms with Gasteiger partial charge < -0.3 is 10.8 Å². The molecule has 74 valence electrons. The lowest BCUT2D eigenvalue weighted by atomic mass is 10.0. The van der Waals surface area contributed by atoms with Gasteiger partial charge >= 0.3 is 0 Å². The van der Waals surface area contributed by atoms with E-state index in [-0.39, 0.29) is 12.4 Å². The Labute approximate surface area is 88.8 Å². The third kappa shape index (κ3) is 1.49. The average molecular weight is 210 g/mol. The lowest BCUT2D eigenvalue weighted by Gasteiger charge is -2.05. The molecule has 2 rings (SSSR count). The summed E-state index contributed by atoms with van der Waals surface area (Å²) in [6, 6.07) is 9.34. The SMILES string of the molecule is Cc1ccc2c(N)cccc2c1O.Cl. The first-order valence-electron chi connectivity index (χ1n) is 4.17. The molecule has 0 aliphatic rings. The number of aromatic hydroxyl groups is 1. The molecule has 0 aromatic heterocycles. The van der Waals surface area contributed by atoms with E-state index in [0.717, 1.165) is 16.3 Å². The highest BCUT2D eigenvalue weighted by molar-refractivity contribution is 5.97. The summed E-state index contributed by atoms with van der Waals surface area (Å²) >= 11 is 0. The molecule has 0 aliphatic carbocycles. The van der Waals surface area contributed by atoms with Crippen molar-refractivity contribution in [1.29, 1.82) is 0 Å². The van der Waals surface area contributed by atoms with E-state index in [1.807, 2.05) is 37.3 Å². The quantitative estimate of drug-likeness (QED) is 0.656. The molecule has 0 aliphatic heterocycles. The van der Waals surface area contributed by atoms with Gasteiger partial charge in [0.05, 0.1) is 0 Å². The van der Waals surface area contributed by atoms with Gasteiger partial charge in [0.2, 0.25) is 0 Å². The number of hydrogen-bond donors (Lipinski definition) is 2. The zero-order valence-corrected chi connectivity index (χ0v) is 8.64. The predicted molar refractivity (Wildman–Crippen MR) is 62.0 cm³/mol. The summed E-state index contributed by atoms with van der Waals surface area (Å²) < 4.78 is 0. The number of phenols is 1. The zero-order valence-electron chi connectivity index (χ0n) is 7.82. The summed E-state index contributed by atoms with van der Waals surface area (Å²) in [5, 5.41) is 11.5. The topological polar surface area (TPSA) is 46.2 Å². The number of rotatable bonds is 0. The largest absolute Gasteiger partial charge is 0.507 e. The van der Waals surface area contributed by atoms with E-state index in [1.54, 1.807) is 0 Å². The van der Waals surface area contributed by atoms with E-state index in [9.17, 15) is 5.11 Å². The van der Waals surface area contributed by atoms with Crippen LogP contribution in [0.4, 0.5) is 5.69 Å². The van der Waals surface area contributed by atoms with E-state index < -0.39 is 0 Å². The number of nitrogens with two attached hydrogens (primary N) is 1. The Balaban J connectivity index is 0.000000980. The molecule has 0 bridgehead atoms.